The monoisotopic (exact) mass is 341 g/mol. The van der Waals surface area contributed by atoms with Gasteiger partial charge in [-0.1, -0.05) is 44.2 Å². The Balaban J connectivity index is 2.15. The van der Waals surface area contributed by atoms with Crippen molar-refractivity contribution in [2.24, 2.45) is 0 Å². The molecule has 0 aliphatic heterocycles. The van der Waals surface area contributed by atoms with E-state index >= 15 is 0 Å². The van der Waals surface area contributed by atoms with Crippen LogP contribution in [0.25, 0.3) is 0 Å². The van der Waals surface area contributed by atoms with Crippen LogP contribution in [0.5, 0.6) is 0 Å². The minimum Gasteiger partial charge on any atom is -0.481 e. The van der Waals surface area contributed by atoms with Crippen molar-refractivity contribution < 1.29 is 14.7 Å². The number of carbonyl (C=O) groups is 2. The number of nitrogens with one attached hydrogen (secondary N) is 1. The van der Waals surface area contributed by atoms with Gasteiger partial charge in [-0.3, -0.25) is 9.59 Å². The van der Waals surface area contributed by atoms with Crippen molar-refractivity contribution in [1.29, 1.82) is 0 Å². The number of hydrogen-bond acceptors (Lipinski definition) is 4. The van der Waals surface area contributed by atoms with E-state index in [0.29, 0.717) is 24.1 Å². The van der Waals surface area contributed by atoms with Crippen LogP contribution in [0.15, 0.2) is 42.9 Å². The predicted octanol–water partition coefficient (Wildman–Crippen LogP) is 2.81. The van der Waals surface area contributed by atoms with Crippen molar-refractivity contribution in [3.05, 3.63) is 59.7 Å². The van der Waals surface area contributed by atoms with Gasteiger partial charge in [-0.2, -0.15) is 0 Å². The minimum absolute atomic E-state index is 0.000107. The van der Waals surface area contributed by atoms with E-state index in [9.17, 15) is 9.59 Å². The van der Waals surface area contributed by atoms with Gasteiger partial charge in [0.2, 0.25) is 0 Å². The summed E-state index contributed by atoms with van der Waals surface area (Å²) in [5.74, 6) is -1.05. The van der Waals surface area contributed by atoms with Crippen LogP contribution in [0.1, 0.15) is 54.2 Å². The highest BCUT2D eigenvalue weighted by molar-refractivity contribution is 5.95. The Hall–Kier alpha value is -2.76. The third-order valence-electron chi connectivity index (χ3n) is 3.90. The number of hydrogen-bond donors (Lipinski definition) is 2. The van der Waals surface area contributed by atoms with Crippen molar-refractivity contribution in [3.63, 3.8) is 0 Å². The quantitative estimate of drug-likeness (QED) is 0.770. The van der Waals surface area contributed by atoms with E-state index in [1.807, 2.05) is 44.2 Å². The molecule has 1 aromatic carbocycles. The average Bonchev–Trinajstić information content (AvgIpc) is 2.60. The second-order valence-electron chi connectivity index (χ2n) is 6.27. The summed E-state index contributed by atoms with van der Waals surface area (Å²) in [6.07, 6.45) is 3.87. The molecule has 2 rings (SSSR count). The number of amides is 1. The molecular formula is C19H23N3O3. The summed E-state index contributed by atoms with van der Waals surface area (Å²) in [4.78, 5) is 31.7. The number of rotatable bonds is 8. The largest absolute Gasteiger partial charge is 0.481 e. The lowest BCUT2D eigenvalue weighted by molar-refractivity contribution is -0.137. The molecule has 0 saturated carbocycles. The molecule has 1 heterocycles. The molecule has 0 saturated heterocycles. The number of aromatic nitrogens is 2. The molecule has 1 aromatic heterocycles. The number of nitrogens with zero attached hydrogens (tertiary/aromatic N) is 2. The third kappa shape index (κ3) is 5.67. The lowest BCUT2D eigenvalue weighted by Crippen LogP contribution is -2.37. The molecule has 6 nitrogen and oxygen atoms in total. The summed E-state index contributed by atoms with van der Waals surface area (Å²) in [5, 5.41) is 11.9. The summed E-state index contributed by atoms with van der Waals surface area (Å²) < 4.78 is 0. The fraction of sp³-hybridized carbons (Fsp3) is 0.368. The second-order valence-corrected chi connectivity index (χ2v) is 6.27. The van der Waals surface area contributed by atoms with E-state index in [0.717, 1.165) is 5.56 Å². The van der Waals surface area contributed by atoms with Crippen LogP contribution in [0.4, 0.5) is 0 Å². The van der Waals surface area contributed by atoms with Crippen molar-refractivity contribution >= 4 is 11.9 Å². The van der Waals surface area contributed by atoms with Gasteiger partial charge in [0.1, 0.15) is 6.33 Å². The number of aliphatic carboxylic acids is 1. The topological polar surface area (TPSA) is 92.2 Å². The van der Waals surface area contributed by atoms with Crippen molar-refractivity contribution in [2.45, 2.75) is 45.1 Å². The Morgan fingerprint density at radius 2 is 1.92 bits per heavy atom. The molecule has 6 heteroatoms. The molecule has 0 radical (unpaired) electrons. The van der Waals surface area contributed by atoms with Crippen molar-refractivity contribution in [3.8, 4) is 0 Å². The van der Waals surface area contributed by atoms with E-state index in [2.05, 4.69) is 15.3 Å². The Morgan fingerprint density at radius 3 is 2.56 bits per heavy atom. The van der Waals surface area contributed by atoms with Gasteiger partial charge in [0.15, 0.2) is 0 Å². The van der Waals surface area contributed by atoms with Crippen LogP contribution < -0.4 is 5.32 Å². The van der Waals surface area contributed by atoms with Gasteiger partial charge in [0.05, 0.1) is 11.3 Å². The van der Waals surface area contributed by atoms with Crippen LogP contribution in [-0.4, -0.2) is 33.0 Å². The summed E-state index contributed by atoms with van der Waals surface area (Å²) in [6, 6.07) is 9.42. The fourth-order valence-electron chi connectivity index (χ4n) is 2.66. The summed E-state index contributed by atoms with van der Waals surface area (Å²) in [5.41, 5.74) is 2.17. The van der Waals surface area contributed by atoms with Gasteiger partial charge in [-0.15, -0.1) is 0 Å². The number of carboxylic acid groups (broad SMARTS) is 1. The second kappa shape index (κ2) is 8.92. The number of carbonyl (C=O) groups excluding carboxylic acids is 1. The summed E-state index contributed by atoms with van der Waals surface area (Å²) in [6.45, 7) is 3.93. The molecule has 2 N–H and O–H groups in total. The molecule has 0 bridgehead atoms. The Labute approximate surface area is 147 Å². The molecule has 1 amide bonds. The lowest BCUT2D eigenvalue weighted by atomic mass is 10.00. The van der Waals surface area contributed by atoms with Gasteiger partial charge < -0.3 is 10.4 Å². The smallest absolute Gasteiger partial charge is 0.303 e. The van der Waals surface area contributed by atoms with Crippen molar-refractivity contribution in [1.82, 2.24) is 15.3 Å². The molecule has 0 aliphatic carbocycles. The van der Waals surface area contributed by atoms with Crippen LogP contribution in [0, 0.1) is 0 Å². The van der Waals surface area contributed by atoms with Crippen LogP contribution in [0.3, 0.4) is 0 Å². The molecule has 0 spiro atoms. The van der Waals surface area contributed by atoms with Gasteiger partial charge in [-0.05, 0) is 24.3 Å². The zero-order valence-corrected chi connectivity index (χ0v) is 14.5. The first-order chi connectivity index (χ1) is 12.0. The average molecular weight is 341 g/mol. The number of carboxylic acids is 1. The van der Waals surface area contributed by atoms with Gasteiger partial charge in [-0.25, -0.2) is 9.97 Å². The lowest BCUT2D eigenvalue weighted by Gasteiger charge is -2.19. The first-order valence-corrected chi connectivity index (χ1v) is 8.34. The zero-order chi connectivity index (χ0) is 18.2. The Morgan fingerprint density at radius 1 is 1.20 bits per heavy atom. The molecule has 25 heavy (non-hydrogen) atoms. The first-order valence-electron chi connectivity index (χ1n) is 8.34. The van der Waals surface area contributed by atoms with Gasteiger partial charge in [0, 0.05) is 18.7 Å². The molecule has 132 valence electrons. The molecule has 1 atom stereocenters. The van der Waals surface area contributed by atoms with Gasteiger partial charge in [0.25, 0.3) is 5.91 Å². The molecule has 0 aliphatic rings. The van der Waals surface area contributed by atoms with E-state index in [1.165, 1.54) is 12.5 Å². The zero-order valence-electron chi connectivity index (χ0n) is 14.5. The molecular weight excluding hydrogens is 318 g/mol. The highest BCUT2D eigenvalue weighted by Crippen LogP contribution is 2.16. The van der Waals surface area contributed by atoms with E-state index in [1.54, 1.807) is 0 Å². The summed E-state index contributed by atoms with van der Waals surface area (Å²) in [7, 11) is 0. The van der Waals surface area contributed by atoms with Gasteiger partial charge >= 0.3 is 5.97 Å². The highest BCUT2D eigenvalue weighted by Gasteiger charge is 2.20. The highest BCUT2D eigenvalue weighted by atomic mass is 16.4. The standard InChI is InChI=1S/C19H23N3O3/c1-13(2)18-16(11-20-12-21-18)19(25)22-15(8-9-17(23)24)10-14-6-4-3-5-7-14/h3-7,11-13,15H,8-10H2,1-2H3,(H,22,25)(H,23,24). The molecule has 1 unspecified atom stereocenters. The maximum atomic E-state index is 12.7. The SMILES string of the molecule is CC(C)c1ncncc1C(=O)NC(CCC(=O)O)Cc1ccccc1. The van der Waals surface area contributed by atoms with E-state index in [-0.39, 0.29) is 24.3 Å². The maximum Gasteiger partial charge on any atom is 0.303 e. The summed E-state index contributed by atoms with van der Waals surface area (Å²) >= 11 is 0. The Kier molecular flexibility index (Phi) is 6.62. The Bertz CT molecular complexity index is 717. The van der Waals surface area contributed by atoms with E-state index < -0.39 is 5.97 Å². The van der Waals surface area contributed by atoms with Crippen LogP contribution >= 0.6 is 0 Å². The normalized spacial score (nSPS) is 12.0. The number of benzene rings is 1. The minimum atomic E-state index is -0.877. The van der Waals surface area contributed by atoms with E-state index in [4.69, 9.17) is 5.11 Å². The van der Waals surface area contributed by atoms with Crippen LogP contribution in [0.2, 0.25) is 0 Å². The molecule has 0 fully saturated rings. The maximum absolute atomic E-state index is 12.7. The molecule has 2 aromatic rings. The fourth-order valence-corrected chi connectivity index (χ4v) is 2.66. The van der Waals surface area contributed by atoms with Crippen LogP contribution in [-0.2, 0) is 11.2 Å². The third-order valence-corrected chi connectivity index (χ3v) is 3.90. The first kappa shape index (κ1) is 18.6. The predicted molar refractivity (Wildman–Crippen MR) is 94.4 cm³/mol. The van der Waals surface area contributed by atoms with Crippen molar-refractivity contribution in [2.75, 3.05) is 0 Å².